The van der Waals surface area contributed by atoms with Gasteiger partial charge in [0.05, 0.1) is 12.8 Å². The maximum Gasteiger partial charge on any atom is 0.323 e. The van der Waals surface area contributed by atoms with Gasteiger partial charge >= 0.3 is 5.97 Å². The summed E-state index contributed by atoms with van der Waals surface area (Å²) in [5, 5.41) is 8.40. The topological polar surface area (TPSA) is 95.0 Å². The number of carbonyl (C=O) groups excluding carboxylic acids is 1. The molecule has 0 aliphatic rings. The number of rotatable bonds is 5. The van der Waals surface area contributed by atoms with Gasteiger partial charge in [-0.15, -0.1) is 0 Å². The van der Waals surface area contributed by atoms with Gasteiger partial charge in [0.25, 0.3) is 0 Å². The highest BCUT2D eigenvalue weighted by molar-refractivity contribution is 7.88. The van der Waals surface area contributed by atoms with E-state index in [0.717, 1.165) is 15.5 Å². The zero-order valence-electron chi connectivity index (χ0n) is 8.80. The largest absolute Gasteiger partial charge is 0.480 e. The Balaban J connectivity index is 4.32. The van der Waals surface area contributed by atoms with Gasteiger partial charge in [-0.25, -0.2) is 8.42 Å². The summed E-state index contributed by atoms with van der Waals surface area (Å²) < 4.78 is 22.8. The first-order chi connectivity index (χ1) is 6.64. The molecule has 0 fully saturated rings. The molecule has 7 nitrogen and oxygen atoms in total. The second kappa shape index (κ2) is 5.08. The molecule has 0 aliphatic heterocycles. The van der Waals surface area contributed by atoms with Crippen LogP contribution in [0.2, 0.25) is 0 Å². The summed E-state index contributed by atoms with van der Waals surface area (Å²) >= 11 is 0. The van der Waals surface area contributed by atoms with Gasteiger partial charge in [0.15, 0.2) is 0 Å². The maximum atomic E-state index is 11.3. The van der Waals surface area contributed by atoms with E-state index in [1.807, 2.05) is 0 Å². The first-order valence-corrected chi connectivity index (χ1v) is 5.86. The summed E-state index contributed by atoms with van der Waals surface area (Å²) in [5.74, 6) is -1.71. The molecule has 15 heavy (non-hydrogen) atoms. The van der Waals surface area contributed by atoms with E-state index in [4.69, 9.17) is 5.11 Å². The van der Waals surface area contributed by atoms with E-state index < -0.39 is 28.4 Å². The van der Waals surface area contributed by atoms with Crippen LogP contribution in [-0.2, 0) is 19.6 Å². The van der Waals surface area contributed by atoms with Crippen molar-refractivity contribution in [3.63, 3.8) is 0 Å². The van der Waals surface area contributed by atoms with E-state index in [9.17, 15) is 18.0 Å². The molecule has 0 spiro atoms. The molecule has 8 heteroatoms. The van der Waals surface area contributed by atoms with E-state index >= 15 is 0 Å². The normalized spacial score (nSPS) is 11.5. The number of sulfonamides is 1. The fourth-order valence-electron chi connectivity index (χ4n) is 0.720. The Morgan fingerprint density at radius 3 is 2.00 bits per heavy atom. The van der Waals surface area contributed by atoms with Crippen molar-refractivity contribution in [3.8, 4) is 0 Å². The highest BCUT2D eigenvalue weighted by Crippen LogP contribution is 1.95. The molecular formula is C7H14N2O5S. The fraction of sp³-hybridized carbons (Fsp3) is 0.714. The third-order valence-corrected chi connectivity index (χ3v) is 2.98. The smallest absolute Gasteiger partial charge is 0.323 e. The molecule has 0 radical (unpaired) electrons. The third kappa shape index (κ3) is 5.33. The van der Waals surface area contributed by atoms with Crippen molar-refractivity contribution in [2.45, 2.75) is 0 Å². The van der Waals surface area contributed by atoms with Crippen LogP contribution in [-0.4, -0.2) is 68.0 Å². The van der Waals surface area contributed by atoms with Crippen molar-refractivity contribution < 1.29 is 23.1 Å². The van der Waals surface area contributed by atoms with Crippen LogP contribution < -0.4 is 0 Å². The lowest BCUT2D eigenvalue weighted by molar-refractivity contribution is -0.143. The number of aliphatic carboxylic acids is 1. The van der Waals surface area contributed by atoms with Gasteiger partial charge in [-0.1, -0.05) is 0 Å². The minimum atomic E-state index is -3.42. The summed E-state index contributed by atoms with van der Waals surface area (Å²) in [6.07, 6.45) is 0.970. The minimum Gasteiger partial charge on any atom is -0.480 e. The molecule has 0 aromatic carbocycles. The van der Waals surface area contributed by atoms with E-state index in [1.54, 1.807) is 0 Å². The lowest BCUT2D eigenvalue weighted by Gasteiger charge is -2.18. The van der Waals surface area contributed by atoms with Crippen LogP contribution >= 0.6 is 0 Å². The number of likely N-dealkylation sites (N-methyl/N-ethyl adjacent to an activating group) is 2. The Morgan fingerprint density at radius 2 is 1.67 bits per heavy atom. The second-order valence-electron chi connectivity index (χ2n) is 3.16. The summed E-state index contributed by atoms with van der Waals surface area (Å²) in [4.78, 5) is 22.5. The highest BCUT2D eigenvalue weighted by Gasteiger charge is 2.18. The lowest BCUT2D eigenvalue weighted by Crippen LogP contribution is -2.40. The van der Waals surface area contributed by atoms with Crippen LogP contribution in [0, 0.1) is 0 Å². The number of carboxylic acids is 1. The first kappa shape index (κ1) is 13.8. The molecule has 0 rings (SSSR count). The molecule has 88 valence electrons. The summed E-state index contributed by atoms with van der Waals surface area (Å²) in [7, 11) is -0.871. The van der Waals surface area contributed by atoms with Gasteiger partial charge in [-0.3, -0.25) is 9.59 Å². The molecular weight excluding hydrogens is 224 g/mol. The molecule has 0 saturated heterocycles. The van der Waals surface area contributed by atoms with E-state index in [-0.39, 0.29) is 6.54 Å². The van der Waals surface area contributed by atoms with Crippen molar-refractivity contribution in [2.24, 2.45) is 0 Å². The van der Waals surface area contributed by atoms with Crippen molar-refractivity contribution in [1.29, 1.82) is 0 Å². The number of nitrogens with zero attached hydrogens (tertiary/aromatic N) is 2. The minimum absolute atomic E-state index is 0.359. The molecule has 0 unspecified atom stereocenters. The zero-order valence-corrected chi connectivity index (χ0v) is 9.61. The number of carbonyl (C=O) groups is 2. The number of amides is 1. The van der Waals surface area contributed by atoms with E-state index in [2.05, 4.69) is 0 Å². The highest BCUT2D eigenvalue weighted by atomic mass is 32.2. The molecule has 0 saturated carbocycles. The van der Waals surface area contributed by atoms with E-state index in [1.165, 1.54) is 14.1 Å². The quantitative estimate of drug-likeness (QED) is 0.623. The van der Waals surface area contributed by atoms with Crippen LogP contribution in [0.25, 0.3) is 0 Å². The summed E-state index contributed by atoms with van der Waals surface area (Å²) in [5.41, 5.74) is 0. The van der Waals surface area contributed by atoms with E-state index in [0.29, 0.717) is 0 Å². The molecule has 0 aromatic heterocycles. The average Bonchev–Trinajstić information content (AvgIpc) is 2.00. The second-order valence-corrected chi connectivity index (χ2v) is 5.25. The molecule has 0 heterocycles. The monoisotopic (exact) mass is 238 g/mol. The van der Waals surface area contributed by atoms with Crippen LogP contribution in [0.1, 0.15) is 0 Å². The van der Waals surface area contributed by atoms with Gasteiger partial charge in [0.2, 0.25) is 15.9 Å². The van der Waals surface area contributed by atoms with Crippen LogP contribution in [0.15, 0.2) is 0 Å². The molecule has 0 bridgehead atoms. The Bertz CT molecular complexity index is 350. The van der Waals surface area contributed by atoms with Gasteiger partial charge in [-0.2, -0.15) is 4.31 Å². The van der Waals surface area contributed by atoms with Crippen LogP contribution in [0.3, 0.4) is 0 Å². The summed E-state index contributed by atoms with van der Waals surface area (Å²) in [6.45, 7) is -0.806. The third-order valence-electron chi connectivity index (χ3n) is 1.72. The SMILES string of the molecule is CN(CC(=O)O)C(=O)CN(C)S(C)(=O)=O. The Morgan fingerprint density at radius 1 is 1.20 bits per heavy atom. The van der Waals surface area contributed by atoms with Crippen LogP contribution in [0.4, 0.5) is 0 Å². The molecule has 1 amide bonds. The predicted octanol–water partition coefficient (Wildman–Crippen LogP) is -1.58. The molecule has 0 atom stereocenters. The fourth-order valence-corrected chi connectivity index (χ4v) is 1.06. The standard InChI is InChI=1S/C7H14N2O5S/c1-8(5-7(11)12)6(10)4-9(2)15(3,13)14/h4-5H2,1-3H3,(H,11,12). The number of carboxylic acid groups (broad SMARTS) is 1. The summed E-state index contributed by atoms with van der Waals surface area (Å²) in [6, 6.07) is 0. The van der Waals surface area contributed by atoms with Crippen LogP contribution in [0.5, 0.6) is 0 Å². The molecule has 0 aromatic rings. The van der Waals surface area contributed by atoms with Gasteiger partial charge in [0.1, 0.15) is 6.54 Å². The molecule has 1 N–H and O–H groups in total. The van der Waals surface area contributed by atoms with Crippen molar-refractivity contribution >= 4 is 21.9 Å². The molecule has 0 aliphatic carbocycles. The number of hydrogen-bond acceptors (Lipinski definition) is 4. The Hall–Kier alpha value is -1.15. The average molecular weight is 238 g/mol. The van der Waals surface area contributed by atoms with Crippen molar-refractivity contribution in [1.82, 2.24) is 9.21 Å². The predicted molar refractivity (Wildman–Crippen MR) is 52.7 cm³/mol. The van der Waals surface area contributed by atoms with Crippen molar-refractivity contribution in [3.05, 3.63) is 0 Å². The first-order valence-electron chi connectivity index (χ1n) is 4.01. The lowest BCUT2D eigenvalue weighted by atomic mass is 10.5. The Kier molecular flexibility index (Phi) is 4.69. The van der Waals surface area contributed by atoms with Crippen molar-refractivity contribution in [2.75, 3.05) is 33.4 Å². The Labute approximate surface area is 88.3 Å². The van der Waals surface area contributed by atoms with Gasteiger partial charge < -0.3 is 10.0 Å². The maximum absolute atomic E-state index is 11.3. The number of hydrogen-bond donors (Lipinski definition) is 1. The van der Waals surface area contributed by atoms with Gasteiger partial charge in [0, 0.05) is 14.1 Å². The zero-order chi connectivity index (χ0) is 12.2. The van der Waals surface area contributed by atoms with Gasteiger partial charge in [-0.05, 0) is 0 Å².